The van der Waals surface area contributed by atoms with Crippen LogP contribution in [0.15, 0.2) is 54.6 Å². The molecule has 1 aliphatic rings. The van der Waals surface area contributed by atoms with Gasteiger partial charge < -0.3 is 20.1 Å². The van der Waals surface area contributed by atoms with E-state index >= 15 is 0 Å². The Kier molecular flexibility index (Phi) is 5.68. The first-order valence-corrected chi connectivity index (χ1v) is 8.58. The van der Waals surface area contributed by atoms with Crippen LogP contribution < -0.4 is 15.4 Å². The average Bonchev–Trinajstić information content (AvgIpc) is 2.68. The first-order chi connectivity index (χ1) is 12.2. The van der Waals surface area contributed by atoms with Crippen molar-refractivity contribution in [2.75, 3.05) is 20.2 Å². The van der Waals surface area contributed by atoms with Gasteiger partial charge in [-0.25, -0.2) is 0 Å². The minimum Gasteiger partial charge on any atom is -0.457 e. The minimum atomic E-state index is -0.719. The predicted molar refractivity (Wildman–Crippen MR) is 96.6 cm³/mol. The zero-order valence-electron chi connectivity index (χ0n) is 14.5. The number of carbonyl (C=O) groups excluding carboxylic acids is 1. The SMILES string of the molecule is COC1(C(=O)NCc2cccc(Oc3ccccc3)c2)CCNCC1. The molecule has 1 fully saturated rings. The van der Waals surface area contributed by atoms with Gasteiger partial charge in [0.15, 0.2) is 0 Å². The van der Waals surface area contributed by atoms with Crippen LogP contribution in [-0.2, 0) is 16.1 Å². The fraction of sp³-hybridized carbons (Fsp3) is 0.350. The van der Waals surface area contributed by atoms with Crippen LogP contribution in [0.1, 0.15) is 18.4 Å². The third kappa shape index (κ3) is 4.38. The molecule has 2 aromatic carbocycles. The van der Waals surface area contributed by atoms with E-state index in [-0.39, 0.29) is 5.91 Å². The maximum atomic E-state index is 12.6. The number of carbonyl (C=O) groups is 1. The Morgan fingerprint density at radius 2 is 1.80 bits per heavy atom. The maximum absolute atomic E-state index is 12.6. The number of hydrogen-bond donors (Lipinski definition) is 2. The molecule has 132 valence electrons. The van der Waals surface area contributed by atoms with Crippen molar-refractivity contribution in [1.29, 1.82) is 0 Å². The number of benzene rings is 2. The summed E-state index contributed by atoms with van der Waals surface area (Å²) in [4.78, 5) is 12.6. The molecule has 1 saturated heterocycles. The van der Waals surface area contributed by atoms with E-state index in [1.54, 1.807) is 7.11 Å². The second-order valence-corrected chi connectivity index (χ2v) is 6.19. The molecule has 2 aromatic rings. The van der Waals surface area contributed by atoms with E-state index in [2.05, 4.69) is 10.6 Å². The van der Waals surface area contributed by atoms with Crippen molar-refractivity contribution < 1.29 is 14.3 Å². The van der Waals surface area contributed by atoms with Crippen molar-refractivity contribution in [2.24, 2.45) is 0 Å². The van der Waals surface area contributed by atoms with Crippen molar-refractivity contribution >= 4 is 5.91 Å². The van der Waals surface area contributed by atoms with E-state index < -0.39 is 5.60 Å². The molecule has 0 aliphatic carbocycles. The quantitative estimate of drug-likeness (QED) is 0.849. The molecular weight excluding hydrogens is 316 g/mol. The number of hydrogen-bond acceptors (Lipinski definition) is 4. The van der Waals surface area contributed by atoms with Crippen molar-refractivity contribution in [1.82, 2.24) is 10.6 Å². The van der Waals surface area contributed by atoms with Crippen LogP contribution in [0, 0.1) is 0 Å². The van der Waals surface area contributed by atoms with Crippen LogP contribution in [0.4, 0.5) is 0 Å². The van der Waals surface area contributed by atoms with Gasteiger partial charge in [0.05, 0.1) is 0 Å². The van der Waals surface area contributed by atoms with Gasteiger partial charge in [-0.05, 0) is 55.8 Å². The molecule has 5 nitrogen and oxygen atoms in total. The van der Waals surface area contributed by atoms with Gasteiger partial charge in [0, 0.05) is 13.7 Å². The largest absolute Gasteiger partial charge is 0.457 e. The third-order valence-corrected chi connectivity index (χ3v) is 4.55. The van der Waals surface area contributed by atoms with Crippen molar-refractivity contribution in [3.63, 3.8) is 0 Å². The fourth-order valence-corrected chi connectivity index (χ4v) is 3.04. The van der Waals surface area contributed by atoms with E-state index in [1.807, 2.05) is 54.6 Å². The number of amides is 1. The number of nitrogens with one attached hydrogen (secondary N) is 2. The number of methoxy groups -OCH3 is 1. The van der Waals surface area contributed by atoms with Gasteiger partial charge in [0.2, 0.25) is 0 Å². The maximum Gasteiger partial charge on any atom is 0.252 e. The van der Waals surface area contributed by atoms with Crippen LogP contribution in [0.3, 0.4) is 0 Å². The lowest BCUT2D eigenvalue weighted by Gasteiger charge is -2.34. The molecule has 1 heterocycles. The Hall–Kier alpha value is -2.37. The van der Waals surface area contributed by atoms with Crippen molar-refractivity contribution in [3.8, 4) is 11.5 Å². The predicted octanol–water partition coefficient (Wildman–Crippen LogP) is 2.86. The summed E-state index contributed by atoms with van der Waals surface area (Å²) >= 11 is 0. The number of ether oxygens (including phenoxy) is 2. The molecule has 0 saturated carbocycles. The van der Waals surface area contributed by atoms with Crippen LogP contribution in [0.2, 0.25) is 0 Å². The highest BCUT2D eigenvalue weighted by molar-refractivity contribution is 5.85. The standard InChI is InChI=1S/C20H24N2O3/c1-24-20(10-12-21-13-11-20)19(23)22-15-16-6-5-9-18(14-16)25-17-7-3-2-4-8-17/h2-9,14,21H,10-13,15H2,1H3,(H,22,23). The monoisotopic (exact) mass is 340 g/mol. The topological polar surface area (TPSA) is 59.6 Å². The van der Waals surface area contributed by atoms with Crippen molar-refractivity contribution in [3.05, 3.63) is 60.2 Å². The van der Waals surface area contributed by atoms with E-state index in [1.165, 1.54) is 0 Å². The van der Waals surface area contributed by atoms with E-state index in [4.69, 9.17) is 9.47 Å². The molecular formula is C20H24N2O3. The summed E-state index contributed by atoms with van der Waals surface area (Å²) in [5, 5.41) is 6.26. The average molecular weight is 340 g/mol. The Morgan fingerprint density at radius 3 is 2.52 bits per heavy atom. The highest BCUT2D eigenvalue weighted by Crippen LogP contribution is 2.24. The first-order valence-electron chi connectivity index (χ1n) is 8.58. The lowest BCUT2D eigenvalue weighted by molar-refractivity contribution is -0.146. The smallest absolute Gasteiger partial charge is 0.252 e. The molecule has 0 spiro atoms. The third-order valence-electron chi connectivity index (χ3n) is 4.55. The summed E-state index contributed by atoms with van der Waals surface area (Å²) in [7, 11) is 1.61. The zero-order valence-corrected chi connectivity index (χ0v) is 14.5. The number of rotatable bonds is 6. The van der Waals surface area contributed by atoms with Crippen LogP contribution >= 0.6 is 0 Å². The van der Waals surface area contributed by atoms with Gasteiger partial charge in [-0.2, -0.15) is 0 Å². The first kappa shape index (κ1) is 17.5. The summed E-state index contributed by atoms with van der Waals surface area (Å²) in [6.45, 7) is 2.03. The summed E-state index contributed by atoms with van der Waals surface area (Å²) < 4.78 is 11.4. The van der Waals surface area contributed by atoms with Gasteiger partial charge in [-0.1, -0.05) is 30.3 Å². The molecule has 2 N–H and O–H groups in total. The minimum absolute atomic E-state index is 0.0501. The molecule has 1 amide bonds. The number of para-hydroxylation sites is 1. The summed E-state index contributed by atoms with van der Waals surface area (Å²) in [5.74, 6) is 1.49. The molecule has 0 bridgehead atoms. The molecule has 0 atom stereocenters. The van der Waals surface area contributed by atoms with E-state index in [9.17, 15) is 4.79 Å². The molecule has 0 radical (unpaired) electrons. The second-order valence-electron chi connectivity index (χ2n) is 6.19. The highest BCUT2D eigenvalue weighted by atomic mass is 16.5. The lowest BCUT2D eigenvalue weighted by Crippen LogP contribution is -2.53. The van der Waals surface area contributed by atoms with Gasteiger partial charge in [0.1, 0.15) is 17.1 Å². The van der Waals surface area contributed by atoms with Crippen molar-refractivity contribution in [2.45, 2.75) is 25.0 Å². The van der Waals surface area contributed by atoms with Gasteiger partial charge in [-0.3, -0.25) is 4.79 Å². The zero-order chi connectivity index (χ0) is 17.5. The summed E-state index contributed by atoms with van der Waals surface area (Å²) in [6.07, 6.45) is 1.37. The molecule has 25 heavy (non-hydrogen) atoms. The molecule has 0 aromatic heterocycles. The van der Waals surface area contributed by atoms with Gasteiger partial charge in [0.25, 0.3) is 5.91 Å². The Bertz CT molecular complexity index is 697. The Morgan fingerprint density at radius 1 is 1.08 bits per heavy atom. The Balaban J connectivity index is 1.61. The second kappa shape index (κ2) is 8.14. The molecule has 5 heteroatoms. The molecule has 0 unspecified atom stereocenters. The summed E-state index contributed by atoms with van der Waals surface area (Å²) in [5.41, 5.74) is 0.269. The van der Waals surface area contributed by atoms with E-state index in [0.29, 0.717) is 19.4 Å². The lowest BCUT2D eigenvalue weighted by atomic mass is 9.91. The van der Waals surface area contributed by atoms with Crippen LogP contribution in [0.5, 0.6) is 11.5 Å². The highest BCUT2D eigenvalue weighted by Gasteiger charge is 2.39. The van der Waals surface area contributed by atoms with Crippen LogP contribution in [0.25, 0.3) is 0 Å². The molecule has 3 rings (SSSR count). The fourth-order valence-electron chi connectivity index (χ4n) is 3.04. The Labute approximate surface area is 148 Å². The number of piperidine rings is 1. The summed E-state index contributed by atoms with van der Waals surface area (Å²) in [6, 6.07) is 17.4. The van der Waals surface area contributed by atoms with Gasteiger partial charge >= 0.3 is 0 Å². The van der Waals surface area contributed by atoms with E-state index in [0.717, 1.165) is 30.2 Å². The van der Waals surface area contributed by atoms with Gasteiger partial charge in [-0.15, -0.1) is 0 Å². The van der Waals surface area contributed by atoms with Crippen LogP contribution in [-0.4, -0.2) is 31.7 Å². The normalized spacial score (nSPS) is 16.2. The molecule has 1 aliphatic heterocycles.